The van der Waals surface area contributed by atoms with Crippen LogP contribution in [0, 0.1) is 5.21 Å². The van der Waals surface area contributed by atoms with Gasteiger partial charge in [0.15, 0.2) is 4.34 Å². The van der Waals surface area contributed by atoms with E-state index in [2.05, 4.69) is 24.0 Å². The van der Waals surface area contributed by atoms with Crippen LogP contribution in [0.1, 0.15) is 56.3 Å². The molecule has 1 saturated heterocycles. The molecule has 0 radical (unpaired) electrons. The molecule has 0 spiro atoms. The van der Waals surface area contributed by atoms with Crippen molar-refractivity contribution in [2.75, 3.05) is 32.6 Å². The van der Waals surface area contributed by atoms with Crippen molar-refractivity contribution in [3.05, 3.63) is 35.0 Å². The Morgan fingerprint density at radius 2 is 1.97 bits per heavy atom. The maximum absolute atomic E-state index is 13.7. The Balaban J connectivity index is 1.63. The molecule has 2 unspecified atom stereocenters. The number of carbonyl (C=O) groups is 1. The summed E-state index contributed by atoms with van der Waals surface area (Å²) in [6.45, 7) is 5.42. The van der Waals surface area contributed by atoms with Crippen molar-refractivity contribution in [2.24, 2.45) is 0 Å². The van der Waals surface area contributed by atoms with E-state index in [1.165, 1.54) is 17.8 Å². The molecule has 1 aromatic heterocycles. The van der Waals surface area contributed by atoms with Gasteiger partial charge in [0, 0.05) is 5.75 Å². The van der Waals surface area contributed by atoms with Crippen LogP contribution in [0.3, 0.4) is 0 Å². The van der Waals surface area contributed by atoms with E-state index in [1.54, 1.807) is 36.0 Å². The molecule has 32 heavy (non-hydrogen) atoms. The third kappa shape index (κ3) is 6.41. The lowest BCUT2D eigenvalue weighted by Crippen LogP contribution is -2.50. The van der Waals surface area contributed by atoms with E-state index in [1.807, 2.05) is 11.9 Å². The Hall–Kier alpha value is -1.72. The van der Waals surface area contributed by atoms with Crippen LogP contribution < -0.4 is 9.38 Å². The molecular formula is C22H32N4O4S2. The summed E-state index contributed by atoms with van der Waals surface area (Å²) in [5, 5.41) is 22.4. The first-order valence-corrected chi connectivity index (χ1v) is 12.9. The van der Waals surface area contributed by atoms with Gasteiger partial charge in [-0.1, -0.05) is 50.0 Å². The lowest BCUT2D eigenvalue weighted by molar-refractivity contribution is 0.00559. The quantitative estimate of drug-likeness (QED) is 0.139. The fraction of sp³-hybridized carbons (Fsp3) is 0.591. The number of benzene rings is 1. The number of nitrogens with zero attached hydrogens (tertiary/aromatic N) is 4. The van der Waals surface area contributed by atoms with Gasteiger partial charge < -0.3 is 14.7 Å². The molecule has 10 heteroatoms. The summed E-state index contributed by atoms with van der Waals surface area (Å²) in [5.41, 5.74) is 0.387. The monoisotopic (exact) mass is 480 g/mol. The van der Waals surface area contributed by atoms with Crippen molar-refractivity contribution in [1.82, 2.24) is 19.7 Å². The second-order valence-electron chi connectivity index (χ2n) is 7.97. The highest BCUT2D eigenvalue weighted by Gasteiger charge is 2.45. The summed E-state index contributed by atoms with van der Waals surface area (Å²) >= 11 is 2.92. The maximum Gasteiger partial charge on any atom is 0.342 e. The number of hydrogen-bond donors (Lipinski definition) is 0. The number of ether oxygens (including phenoxy) is 2. The smallest absolute Gasteiger partial charge is 0.342 e. The van der Waals surface area contributed by atoms with E-state index in [0.29, 0.717) is 29.6 Å². The Labute approximate surface area is 198 Å². The number of rotatable bonds is 12. The molecule has 8 nitrogen and oxygen atoms in total. The van der Waals surface area contributed by atoms with Crippen molar-refractivity contribution in [2.45, 2.75) is 56.5 Å². The zero-order valence-corrected chi connectivity index (χ0v) is 20.6. The number of hydroxylamine groups is 2. The molecule has 2 atom stereocenters. The molecule has 0 bridgehead atoms. The zero-order valence-electron chi connectivity index (χ0n) is 19.0. The van der Waals surface area contributed by atoms with Crippen LogP contribution in [-0.4, -0.2) is 59.9 Å². The number of carbonyl (C=O) groups excluding carboxylic acids is 1. The minimum absolute atomic E-state index is 0.164. The second kappa shape index (κ2) is 11.9. The molecule has 0 N–H and O–H groups in total. The van der Waals surface area contributed by atoms with Crippen LogP contribution in [0.2, 0.25) is 0 Å². The SMILES string of the molecule is CCCCCSc1nnc([N+]2([O-])CN(C)CC2OC(=O)c2ccc(OCCCC)cc2)s1. The first kappa shape index (κ1) is 24.9. The topological polar surface area (TPSA) is 87.6 Å². The highest BCUT2D eigenvalue weighted by Crippen LogP contribution is 2.37. The van der Waals surface area contributed by atoms with Crippen molar-refractivity contribution >= 4 is 34.2 Å². The van der Waals surface area contributed by atoms with Gasteiger partial charge in [-0.3, -0.25) is 4.65 Å². The largest absolute Gasteiger partial charge is 0.622 e. The van der Waals surface area contributed by atoms with Gasteiger partial charge in [-0.05, 0) is 55.5 Å². The number of thioether (sulfide) groups is 1. The minimum atomic E-state index is -0.890. The van der Waals surface area contributed by atoms with E-state index in [9.17, 15) is 10.0 Å². The average molecular weight is 481 g/mol. The van der Waals surface area contributed by atoms with E-state index in [-0.39, 0.29) is 6.67 Å². The van der Waals surface area contributed by atoms with Crippen LogP contribution in [0.4, 0.5) is 5.13 Å². The molecular weight excluding hydrogens is 448 g/mol. The molecule has 0 saturated carbocycles. The van der Waals surface area contributed by atoms with Crippen LogP contribution >= 0.6 is 23.1 Å². The van der Waals surface area contributed by atoms with Gasteiger partial charge in [0.1, 0.15) is 12.4 Å². The standard InChI is InChI=1S/C22H32N4O4S2/c1-4-6-8-14-31-22-24-23-21(32-22)26(28)16-25(3)15-19(26)30-20(27)17-9-11-18(12-10-17)29-13-7-5-2/h9-12,19H,4-8,13-16H2,1-3H3. The first-order valence-electron chi connectivity index (χ1n) is 11.1. The van der Waals surface area contributed by atoms with Gasteiger partial charge >= 0.3 is 11.1 Å². The highest BCUT2D eigenvalue weighted by molar-refractivity contribution is 8.01. The van der Waals surface area contributed by atoms with E-state index in [4.69, 9.17) is 9.47 Å². The number of quaternary nitrogens is 1. The molecule has 1 aliphatic rings. The van der Waals surface area contributed by atoms with Crippen LogP contribution in [0.25, 0.3) is 0 Å². The first-order chi connectivity index (χ1) is 15.5. The Kier molecular flexibility index (Phi) is 9.30. The zero-order chi connectivity index (χ0) is 23.0. The number of aromatic nitrogens is 2. The highest BCUT2D eigenvalue weighted by atomic mass is 32.2. The van der Waals surface area contributed by atoms with Crippen LogP contribution in [0.15, 0.2) is 28.6 Å². The third-order valence-corrected chi connectivity index (χ3v) is 7.43. The van der Waals surface area contributed by atoms with E-state index >= 15 is 0 Å². The van der Waals surface area contributed by atoms with Crippen LogP contribution in [0.5, 0.6) is 5.75 Å². The molecule has 0 aliphatic carbocycles. The number of unbranched alkanes of at least 4 members (excludes halogenated alkanes) is 3. The maximum atomic E-state index is 13.7. The van der Waals surface area contributed by atoms with E-state index < -0.39 is 16.8 Å². The lowest BCUT2D eigenvalue weighted by Gasteiger charge is -2.38. The molecule has 0 amide bonds. The summed E-state index contributed by atoms with van der Waals surface area (Å²) in [5.74, 6) is 1.14. The fourth-order valence-electron chi connectivity index (χ4n) is 3.35. The van der Waals surface area contributed by atoms with Gasteiger partial charge in [-0.15, -0.1) is 5.10 Å². The van der Waals surface area contributed by atoms with Gasteiger partial charge in [0.05, 0.1) is 18.7 Å². The average Bonchev–Trinajstić information content (AvgIpc) is 3.37. The number of likely N-dealkylation sites (N-methyl/N-ethyl adjacent to an activating group) is 1. The normalized spacial score (nSPS) is 21.1. The predicted octanol–water partition coefficient (Wildman–Crippen LogP) is 4.89. The predicted molar refractivity (Wildman–Crippen MR) is 129 cm³/mol. The summed E-state index contributed by atoms with van der Waals surface area (Å²) in [7, 11) is 1.84. The van der Waals surface area contributed by atoms with Crippen molar-refractivity contribution in [3.8, 4) is 5.75 Å². The summed E-state index contributed by atoms with van der Waals surface area (Å²) < 4.78 is 11.3. The molecule has 2 heterocycles. The summed E-state index contributed by atoms with van der Waals surface area (Å²) in [6.07, 6.45) is 4.60. The van der Waals surface area contributed by atoms with Crippen LogP contribution in [-0.2, 0) is 4.74 Å². The van der Waals surface area contributed by atoms with Crippen molar-refractivity contribution in [1.29, 1.82) is 0 Å². The van der Waals surface area contributed by atoms with Crippen molar-refractivity contribution in [3.63, 3.8) is 0 Å². The van der Waals surface area contributed by atoms with E-state index in [0.717, 1.165) is 35.8 Å². The molecule has 1 fully saturated rings. The second-order valence-corrected chi connectivity index (χ2v) is 10.3. The molecule has 2 aromatic rings. The third-order valence-electron chi connectivity index (χ3n) is 5.18. The Bertz CT molecular complexity index is 864. The van der Waals surface area contributed by atoms with Gasteiger partial charge in [0.25, 0.3) is 6.23 Å². The molecule has 1 aromatic carbocycles. The number of hydrogen-bond acceptors (Lipinski definition) is 9. The molecule has 176 valence electrons. The lowest BCUT2D eigenvalue weighted by atomic mass is 10.2. The van der Waals surface area contributed by atoms with Gasteiger partial charge in [0.2, 0.25) is 0 Å². The minimum Gasteiger partial charge on any atom is -0.622 e. The van der Waals surface area contributed by atoms with Gasteiger partial charge in [-0.2, -0.15) is 0 Å². The summed E-state index contributed by atoms with van der Waals surface area (Å²) in [4.78, 5) is 14.6. The summed E-state index contributed by atoms with van der Waals surface area (Å²) in [6, 6.07) is 6.83. The number of esters is 1. The Morgan fingerprint density at radius 3 is 2.69 bits per heavy atom. The van der Waals surface area contributed by atoms with Crippen molar-refractivity contribution < 1.29 is 14.3 Å². The molecule has 1 aliphatic heterocycles. The molecule has 3 rings (SSSR count). The fourth-order valence-corrected chi connectivity index (χ4v) is 5.33. The van der Waals surface area contributed by atoms with Gasteiger partial charge in [-0.25, -0.2) is 9.69 Å². The Morgan fingerprint density at radius 1 is 1.22 bits per heavy atom.